The summed E-state index contributed by atoms with van der Waals surface area (Å²) in [5.74, 6) is 2.92. The van der Waals surface area contributed by atoms with Crippen LogP contribution in [0.3, 0.4) is 0 Å². The Morgan fingerprint density at radius 2 is 2.06 bits per heavy atom. The molecule has 92 valence electrons. The molecule has 0 amide bonds. The molecule has 2 heteroatoms. The average molecular weight is 223 g/mol. The van der Waals surface area contributed by atoms with Crippen molar-refractivity contribution in [3.05, 3.63) is 11.8 Å². The molecule has 1 aliphatic heterocycles. The Hall–Kier alpha value is -0.500. The van der Waals surface area contributed by atoms with Gasteiger partial charge in [0.1, 0.15) is 5.76 Å². The third-order valence-electron chi connectivity index (χ3n) is 4.11. The van der Waals surface area contributed by atoms with Crippen LogP contribution < -0.4 is 5.32 Å². The standard InChI is InChI=1S/C14H25NO/c1-11-6-8-12(9-7-11)14(15-2)13-5-3-4-10-16-13/h5,11-12,14-15H,3-4,6-10H2,1-2H3. The zero-order valence-corrected chi connectivity index (χ0v) is 10.7. The van der Waals surface area contributed by atoms with Gasteiger partial charge in [0.25, 0.3) is 0 Å². The second kappa shape index (κ2) is 5.72. The van der Waals surface area contributed by atoms with Crippen molar-refractivity contribution in [1.82, 2.24) is 5.32 Å². The van der Waals surface area contributed by atoms with Crippen molar-refractivity contribution in [3.63, 3.8) is 0 Å². The maximum Gasteiger partial charge on any atom is 0.109 e. The molecule has 0 radical (unpaired) electrons. The molecule has 0 saturated heterocycles. The smallest absolute Gasteiger partial charge is 0.109 e. The Kier molecular flexibility index (Phi) is 4.28. The Labute approximate surface area is 99.4 Å². The fourth-order valence-electron chi connectivity index (χ4n) is 3.02. The van der Waals surface area contributed by atoms with E-state index in [2.05, 4.69) is 25.4 Å². The van der Waals surface area contributed by atoms with E-state index in [9.17, 15) is 0 Å². The topological polar surface area (TPSA) is 21.3 Å². The Morgan fingerprint density at radius 1 is 1.31 bits per heavy atom. The van der Waals surface area contributed by atoms with Gasteiger partial charge in [-0.1, -0.05) is 19.8 Å². The summed E-state index contributed by atoms with van der Waals surface area (Å²) in [5.41, 5.74) is 0. The summed E-state index contributed by atoms with van der Waals surface area (Å²) in [4.78, 5) is 0. The molecule has 0 aromatic heterocycles. The van der Waals surface area contributed by atoms with Crippen LogP contribution in [0.4, 0.5) is 0 Å². The van der Waals surface area contributed by atoms with Crippen LogP contribution in [0, 0.1) is 11.8 Å². The highest BCUT2D eigenvalue weighted by Gasteiger charge is 2.28. The maximum absolute atomic E-state index is 5.81. The highest BCUT2D eigenvalue weighted by atomic mass is 16.5. The van der Waals surface area contributed by atoms with Gasteiger partial charge in [-0.05, 0) is 50.6 Å². The monoisotopic (exact) mass is 223 g/mol. The van der Waals surface area contributed by atoms with E-state index in [1.54, 1.807) is 0 Å². The molecule has 2 aliphatic rings. The number of hydrogen-bond donors (Lipinski definition) is 1. The SMILES string of the molecule is CNC(C1=CCCCO1)C1CCC(C)CC1. The van der Waals surface area contributed by atoms with Crippen molar-refractivity contribution >= 4 is 0 Å². The Bertz CT molecular complexity index is 241. The highest BCUT2D eigenvalue weighted by Crippen LogP contribution is 2.33. The molecule has 1 saturated carbocycles. The zero-order valence-electron chi connectivity index (χ0n) is 10.7. The highest BCUT2D eigenvalue weighted by molar-refractivity contribution is 5.07. The summed E-state index contributed by atoms with van der Waals surface area (Å²) in [6.45, 7) is 3.29. The summed E-state index contributed by atoms with van der Waals surface area (Å²) in [5, 5.41) is 3.46. The van der Waals surface area contributed by atoms with E-state index in [0.717, 1.165) is 18.4 Å². The van der Waals surface area contributed by atoms with Crippen LogP contribution in [0.1, 0.15) is 45.4 Å². The average Bonchev–Trinajstić information content (AvgIpc) is 2.34. The third kappa shape index (κ3) is 2.79. The normalized spacial score (nSPS) is 32.8. The molecule has 1 N–H and O–H groups in total. The minimum atomic E-state index is 0.466. The molecule has 2 rings (SSSR count). The fraction of sp³-hybridized carbons (Fsp3) is 0.857. The van der Waals surface area contributed by atoms with E-state index in [0.29, 0.717) is 6.04 Å². The van der Waals surface area contributed by atoms with Gasteiger partial charge in [0.2, 0.25) is 0 Å². The van der Waals surface area contributed by atoms with Crippen LogP contribution in [-0.2, 0) is 4.74 Å². The van der Waals surface area contributed by atoms with Crippen LogP contribution in [0.5, 0.6) is 0 Å². The first-order chi connectivity index (χ1) is 7.81. The molecule has 0 aromatic rings. The lowest BCUT2D eigenvalue weighted by Gasteiger charge is -2.34. The summed E-state index contributed by atoms with van der Waals surface area (Å²) in [7, 11) is 2.07. The van der Waals surface area contributed by atoms with E-state index in [4.69, 9.17) is 4.74 Å². The number of rotatable bonds is 3. The maximum atomic E-state index is 5.81. The van der Waals surface area contributed by atoms with Gasteiger partial charge in [-0.2, -0.15) is 0 Å². The second-order valence-corrected chi connectivity index (χ2v) is 5.38. The van der Waals surface area contributed by atoms with E-state index in [1.807, 2.05) is 0 Å². The summed E-state index contributed by atoms with van der Waals surface area (Å²) in [6.07, 6.45) is 10.1. The van der Waals surface area contributed by atoms with Crippen molar-refractivity contribution in [3.8, 4) is 0 Å². The van der Waals surface area contributed by atoms with Crippen LogP contribution in [0.25, 0.3) is 0 Å². The first-order valence-electron chi connectivity index (χ1n) is 6.81. The minimum Gasteiger partial charge on any atom is -0.497 e. The Morgan fingerprint density at radius 3 is 2.62 bits per heavy atom. The largest absolute Gasteiger partial charge is 0.497 e. The number of nitrogens with one attached hydrogen (secondary N) is 1. The van der Waals surface area contributed by atoms with Gasteiger partial charge in [-0.3, -0.25) is 0 Å². The van der Waals surface area contributed by atoms with Gasteiger partial charge < -0.3 is 10.1 Å². The van der Waals surface area contributed by atoms with Crippen molar-refractivity contribution in [1.29, 1.82) is 0 Å². The molecule has 0 spiro atoms. The lowest BCUT2D eigenvalue weighted by atomic mass is 9.78. The first-order valence-corrected chi connectivity index (χ1v) is 6.81. The molecule has 0 bridgehead atoms. The number of hydrogen-bond acceptors (Lipinski definition) is 2. The van der Waals surface area contributed by atoms with E-state index < -0.39 is 0 Å². The first kappa shape index (κ1) is 12.0. The minimum absolute atomic E-state index is 0.466. The summed E-state index contributed by atoms with van der Waals surface area (Å²) in [6, 6.07) is 0.466. The predicted octanol–water partition coefficient (Wildman–Crippen LogP) is 3.10. The van der Waals surface area contributed by atoms with Crippen LogP contribution >= 0.6 is 0 Å². The lowest BCUT2D eigenvalue weighted by molar-refractivity contribution is 0.136. The van der Waals surface area contributed by atoms with Crippen molar-refractivity contribution in [2.45, 2.75) is 51.5 Å². The molecule has 1 aliphatic carbocycles. The van der Waals surface area contributed by atoms with Gasteiger partial charge >= 0.3 is 0 Å². The van der Waals surface area contributed by atoms with E-state index >= 15 is 0 Å². The van der Waals surface area contributed by atoms with Gasteiger partial charge in [0.15, 0.2) is 0 Å². The number of ether oxygens (including phenoxy) is 1. The van der Waals surface area contributed by atoms with Crippen molar-refractivity contribution < 1.29 is 4.74 Å². The predicted molar refractivity (Wildman–Crippen MR) is 67.2 cm³/mol. The number of allylic oxidation sites excluding steroid dienone is 1. The molecule has 1 atom stereocenters. The van der Waals surface area contributed by atoms with Gasteiger partial charge in [0, 0.05) is 0 Å². The van der Waals surface area contributed by atoms with Crippen LogP contribution in [0.15, 0.2) is 11.8 Å². The summed E-state index contributed by atoms with van der Waals surface area (Å²) >= 11 is 0. The lowest BCUT2D eigenvalue weighted by Crippen LogP contribution is -2.38. The fourth-order valence-corrected chi connectivity index (χ4v) is 3.02. The quantitative estimate of drug-likeness (QED) is 0.794. The summed E-state index contributed by atoms with van der Waals surface area (Å²) < 4.78 is 5.81. The van der Waals surface area contributed by atoms with E-state index in [1.165, 1.54) is 44.3 Å². The Balaban J connectivity index is 1.96. The van der Waals surface area contributed by atoms with Crippen LogP contribution in [-0.4, -0.2) is 19.7 Å². The molecule has 16 heavy (non-hydrogen) atoms. The second-order valence-electron chi connectivity index (χ2n) is 5.38. The molecule has 2 nitrogen and oxygen atoms in total. The molecular weight excluding hydrogens is 198 g/mol. The van der Waals surface area contributed by atoms with Crippen LogP contribution in [0.2, 0.25) is 0 Å². The van der Waals surface area contributed by atoms with Gasteiger partial charge in [-0.25, -0.2) is 0 Å². The number of likely N-dealkylation sites (N-methyl/N-ethyl adjacent to an activating group) is 1. The zero-order chi connectivity index (χ0) is 11.4. The molecule has 1 unspecified atom stereocenters. The van der Waals surface area contributed by atoms with Gasteiger partial charge in [-0.15, -0.1) is 0 Å². The van der Waals surface area contributed by atoms with E-state index in [-0.39, 0.29) is 0 Å². The molecule has 1 heterocycles. The molecule has 1 fully saturated rings. The third-order valence-corrected chi connectivity index (χ3v) is 4.11. The molecular formula is C14H25NO. The van der Waals surface area contributed by atoms with Gasteiger partial charge in [0.05, 0.1) is 12.6 Å². The van der Waals surface area contributed by atoms with Crippen molar-refractivity contribution in [2.24, 2.45) is 11.8 Å². The van der Waals surface area contributed by atoms with Crippen molar-refractivity contribution in [2.75, 3.05) is 13.7 Å². The molecule has 0 aromatic carbocycles.